The minimum Gasteiger partial charge on any atom is -0.352 e. The minimum atomic E-state index is -0.196. The van der Waals surface area contributed by atoms with Crippen LogP contribution >= 0.6 is 34.5 Å². The summed E-state index contributed by atoms with van der Waals surface area (Å²) in [5.74, 6) is -0.196. The maximum absolute atomic E-state index is 12.0. The first kappa shape index (κ1) is 14.4. The highest BCUT2D eigenvalue weighted by Crippen LogP contribution is 2.21. The summed E-state index contributed by atoms with van der Waals surface area (Å²) in [5, 5.41) is 7.30. The van der Waals surface area contributed by atoms with Crippen LogP contribution in [0.3, 0.4) is 0 Å². The molecule has 1 N–H and O–H groups in total. The van der Waals surface area contributed by atoms with E-state index in [4.69, 9.17) is 23.2 Å². The Bertz CT molecular complexity index is 606. The number of hydrogen-bond acceptors (Lipinski definition) is 3. The van der Waals surface area contributed by atoms with Crippen LogP contribution in [0.1, 0.15) is 20.9 Å². The first-order valence-electron chi connectivity index (χ1n) is 5.70. The van der Waals surface area contributed by atoms with E-state index in [2.05, 4.69) is 10.4 Å². The number of rotatable bonds is 4. The predicted octanol–water partition coefficient (Wildman–Crippen LogP) is 3.07. The van der Waals surface area contributed by atoms with Crippen LogP contribution in [0.5, 0.6) is 0 Å². The molecule has 0 radical (unpaired) electrons. The Morgan fingerprint density at radius 2 is 2.21 bits per heavy atom. The van der Waals surface area contributed by atoms with E-state index in [0.717, 1.165) is 15.6 Å². The molecular weight excluding hydrogens is 305 g/mol. The normalized spacial score (nSPS) is 10.7. The molecule has 7 heteroatoms. The molecule has 1 amide bonds. The second kappa shape index (κ2) is 5.94. The number of thiophene rings is 1. The van der Waals surface area contributed by atoms with E-state index in [0.29, 0.717) is 23.0 Å². The fraction of sp³-hybridized carbons (Fsp3) is 0.333. The van der Waals surface area contributed by atoms with Gasteiger partial charge in [0.1, 0.15) is 5.15 Å². The van der Waals surface area contributed by atoms with Crippen molar-refractivity contribution in [3.63, 3.8) is 0 Å². The summed E-state index contributed by atoms with van der Waals surface area (Å²) in [6.45, 7) is 2.31. The van der Waals surface area contributed by atoms with Gasteiger partial charge in [0, 0.05) is 18.5 Å². The van der Waals surface area contributed by atoms with E-state index in [1.165, 1.54) is 16.0 Å². The summed E-state index contributed by atoms with van der Waals surface area (Å²) < 4.78 is 2.25. The Hall–Kier alpha value is -1.04. The fourth-order valence-corrected chi connectivity index (χ4v) is 3.11. The molecule has 102 valence electrons. The zero-order valence-corrected chi connectivity index (χ0v) is 12.9. The van der Waals surface area contributed by atoms with Gasteiger partial charge in [-0.15, -0.1) is 11.3 Å². The molecule has 0 aromatic carbocycles. The van der Waals surface area contributed by atoms with Gasteiger partial charge in [0.2, 0.25) is 0 Å². The quantitative estimate of drug-likeness (QED) is 0.942. The third kappa shape index (κ3) is 3.29. The fourth-order valence-electron chi connectivity index (χ4n) is 1.76. The molecule has 2 heterocycles. The lowest BCUT2D eigenvalue weighted by molar-refractivity contribution is 0.0953. The summed E-state index contributed by atoms with van der Waals surface area (Å²) >= 11 is 13.4. The van der Waals surface area contributed by atoms with Gasteiger partial charge in [-0.2, -0.15) is 5.10 Å². The number of nitrogens with zero attached hydrogens (tertiary/aromatic N) is 2. The second-order valence-electron chi connectivity index (χ2n) is 4.09. The molecule has 2 aromatic heterocycles. The molecule has 0 atom stereocenters. The van der Waals surface area contributed by atoms with Crippen molar-refractivity contribution < 1.29 is 4.79 Å². The van der Waals surface area contributed by atoms with Crippen LogP contribution in [0.4, 0.5) is 0 Å². The van der Waals surface area contributed by atoms with Crippen molar-refractivity contribution in [2.75, 3.05) is 6.54 Å². The monoisotopic (exact) mass is 317 g/mol. The van der Waals surface area contributed by atoms with E-state index < -0.39 is 0 Å². The van der Waals surface area contributed by atoms with Crippen molar-refractivity contribution in [1.82, 2.24) is 15.1 Å². The Kier molecular flexibility index (Phi) is 4.50. The van der Waals surface area contributed by atoms with Crippen molar-refractivity contribution in [3.05, 3.63) is 37.8 Å². The van der Waals surface area contributed by atoms with E-state index in [1.54, 1.807) is 14.0 Å². The van der Waals surface area contributed by atoms with Crippen LogP contribution in [0.2, 0.25) is 9.49 Å². The molecule has 2 rings (SSSR count). The third-order valence-electron chi connectivity index (χ3n) is 2.67. The number of aryl methyl sites for hydroxylation is 2. The average molecular weight is 318 g/mol. The van der Waals surface area contributed by atoms with Crippen LogP contribution in [0, 0.1) is 6.92 Å². The summed E-state index contributed by atoms with van der Waals surface area (Å²) in [4.78, 5) is 13.2. The number of halogens is 2. The number of amides is 1. The Labute approximate surface area is 125 Å². The summed E-state index contributed by atoms with van der Waals surface area (Å²) in [7, 11) is 1.71. The molecule has 0 bridgehead atoms. The molecule has 0 saturated heterocycles. The lowest BCUT2D eigenvalue weighted by Gasteiger charge is -2.03. The summed E-state index contributed by atoms with van der Waals surface area (Å²) in [6, 6.07) is 3.81. The summed E-state index contributed by atoms with van der Waals surface area (Å²) in [6.07, 6.45) is 0.750. The zero-order chi connectivity index (χ0) is 14.0. The lowest BCUT2D eigenvalue weighted by atomic mass is 10.2. The van der Waals surface area contributed by atoms with Gasteiger partial charge in [-0.1, -0.05) is 23.2 Å². The number of carbonyl (C=O) groups is 1. The van der Waals surface area contributed by atoms with Crippen LogP contribution < -0.4 is 5.32 Å². The van der Waals surface area contributed by atoms with Gasteiger partial charge in [-0.05, 0) is 25.5 Å². The van der Waals surface area contributed by atoms with Crippen LogP contribution in [-0.4, -0.2) is 22.2 Å². The van der Waals surface area contributed by atoms with Crippen molar-refractivity contribution >= 4 is 40.4 Å². The SMILES string of the molecule is Cc1nn(C)c(Cl)c1C(=O)NCCc1ccc(Cl)s1. The zero-order valence-electron chi connectivity index (χ0n) is 10.5. The first-order chi connectivity index (χ1) is 8.99. The van der Waals surface area contributed by atoms with Crippen LogP contribution in [-0.2, 0) is 13.5 Å². The highest BCUT2D eigenvalue weighted by molar-refractivity contribution is 7.16. The number of nitrogens with one attached hydrogen (secondary N) is 1. The number of hydrogen-bond donors (Lipinski definition) is 1. The molecule has 0 aliphatic heterocycles. The highest BCUT2D eigenvalue weighted by atomic mass is 35.5. The predicted molar refractivity (Wildman–Crippen MR) is 78.3 cm³/mol. The van der Waals surface area contributed by atoms with Crippen molar-refractivity contribution in [2.45, 2.75) is 13.3 Å². The van der Waals surface area contributed by atoms with E-state index in [9.17, 15) is 4.79 Å². The topological polar surface area (TPSA) is 46.9 Å². The van der Waals surface area contributed by atoms with Gasteiger partial charge in [-0.3, -0.25) is 9.48 Å². The van der Waals surface area contributed by atoms with Gasteiger partial charge >= 0.3 is 0 Å². The van der Waals surface area contributed by atoms with E-state index in [1.807, 2.05) is 12.1 Å². The van der Waals surface area contributed by atoms with Crippen LogP contribution in [0.25, 0.3) is 0 Å². The lowest BCUT2D eigenvalue weighted by Crippen LogP contribution is -2.26. The highest BCUT2D eigenvalue weighted by Gasteiger charge is 2.18. The first-order valence-corrected chi connectivity index (χ1v) is 7.27. The molecule has 2 aromatic rings. The number of carbonyl (C=O) groups excluding carboxylic acids is 1. The van der Waals surface area contributed by atoms with Crippen molar-refractivity contribution in [3.8, 4) is 0 Å². The van der Waals surface area contributed by atoms with Gasteiger partial charge in [-0.25, -0.2) is 0 Å². The van der Waals surface area contributed by atoms with Gasteiger partial charge in [0.05, 0.1) is 15.6 Å². The molecule has 0 unspecified atom stereocenters. The maximum Gasteiger partial charge on any atom is 0.256 e. The largest absolute Gasteiger partial charge is 0.352 e. The Morgan fingerprint density at radius 3 is 2.74 bits per heavy atom. The minimum absolute atomic E-state index is 0.196. The molecule has 0 aliphatic rings. The third-order valence-corrected chi connectivity index (χ3v) is 4.39. The number of aromatic nitrogens is 2. The summed E-state index contributed by atoms with van der Waals surface area (Å²) in [5.41, 5.74) is 1.07. The van der Waals surface area contributed by atoms with E-state index >= 15 is 0 Å². The van der Waals surface area contributed by atoms with Gasteiger partial charge in [0.25, 0.3) is 5.91 Å². The molecular formula is C12H13Cl2N3OS. The second-order valence-corrected chi connectivity index (χ2v) is 6.24. The molecule has 0 saturated carbocycles. The Morgan fingerprint density at radius 1 is 1.47 bits per heavy atom. The molecule has 4 nitrogen and oxygen atoms in total. The Balaban J connectivity index is 1.94. The van der Waals surface area contributed by atoms with Crippen LogP contribution in [0.15, 0.2) is 12.1 Å². The van der Waals surface area contributed by atoms with Crippen molar-refractivity contribution in [2.24, 2.45) is 7.05 Å². The standard InChI is InChI=1S/C12H13Cl2N3OS/c1-7-10(11(14)17(2)16-7)12(18)15-6-5-8-3-4-9(13)19-8/h3-4H,5-6H2,1-2H3,(H,15,18). The van der Waals surface area contributed by atoms with Gasteiger partial charge in [0.15, 0.2) is 0 Å². The maximum atomic E-state index is 12.0. The molecule has 0 spiro atoms. The smallest absolute Gasteiger partial charge is 0.256 e. The average Bonchev–Trinajstić information content (AvgIpc) is 2.84. The van der Waals surface area contributed by atoms with Gasteiger partial charge < -0.3 is 5.32 Å². The van der Waals surface area contributed by atoms with Crippen molar-refractivity contribution in [1.29, 1.82) is 0 Å². The molecule has 0 fully saturated rings. The molecule has 0 aliphatic carbocycles. The van der Waals surface area contributed by atoms with E-state index in [-0.39, 0.29) is 5.91 Å². The molecule has 19 heavy (non-hydrogen) atoms.